The summed E-state index contributed by atoms with van der Waals surface area (Å²) in [7, 11) is 0. The van der Waals surface area contributed by atoms with Gasteiger partial charge in [-0.2, -0.15) is 5.10 Å². The lowest BCUT2D eigenvalue weighted by atomic mass is 10.2. The maximum atomic E-state index is 13.2. The van der Waals surface area contributed by atoms with E-state index in [9.17, 15) is 13.6 Å². The molecular weight excluding hydrogens is 202 g/mol. The van der Waals surface area contributed by atoms with E-state index in [4.69, 9.17) is 0 Å². The number of hydrogen-bond acceptors (Lipinski definition) is 2. The molecule has 0 aliphatic carbocycles. The minimum absolute atomic E-state index is 0.596. The van der Waals surface area contributed by atoms with Gasteiger partial charge in [0.15, 0.2) is 0 Å². The van der Waals surface area contributed by atoms with Crippen LogP contribution in [0.25, 0.3) is 0 Å². The Morgan fingerprint density at radius 2 is 1.87 bits per heavy atom. The molecule has 76 valence electrons. The number of carbonyl (C=O) groups excluding carboxylic acids is 1. The van der Waals surface area contributed by atoms with E-state index in [1.165, 1.54) is 24.5 Å². The molecule has 15 heavy (non-hydrogen) atoms. The second-order valence-electron chi connectivity index (χ2n) is 2.85. The molecule has 0 atom stereocenters. The number of hydrogen-bond donors (Lipinski definition) is 0. The molecule has 0 N–H and O–H groups in total. The van der Waals surface area contributed by atoms with Gasteiger partial charge in [-0.1, -0.05) is 6.07 Å². The van der Waals surface area contributed by atoms with Gasteiger partial charge in [0.05, 0.1) is 0 Å². The zero-order valence-electron chi connectivity index (χ0n) is 7.52. The molecule has 3 nitrogen and oxygen atoms in total. The smallest absolute Gasteiger partial charge is 0.266 e. The van der Waals surface area contributed by atoms with E-state index in [1.54, 1.807) is 0 Å². The number of nitrogens with zero attached hydrogens (tertiary/aromatic N) is 2. The van der Waals surface area contributed by atoms with E-state index in [1.807, 2.05) is 0 Å². The van der Waals surface area contributed by atoms with Crippen LogP contribution in [0.15, 0.2) is 36.7 Å². The van der Waals surface area contributed by atoms with Crippen molar-refractivity contribution in [2.75, 3.05) is 0 Å². The lowest BCUT2D eigenvalue weighted by molar-refractivity contribution is 0.0936. The van der Waals surface area contributed by atoms with Crippen molar-refractivity contribution in [3.8, 4) is 0 Å². The molecule has 0 spiro atoms. The summed E-state index contributed by atoms with van der Waals surface area (Å²) in [6.07, 6.45) is 2.69. The normalized spacial score (nSPS) is 10.3. The van der Waals surface area contributed by atoms with Gasteiger partial charge in [0.1, 0.15) is 17.2 Å². The fourth-order valence-corrected chi connectivity index (χ4v) is 1.21. The Labute approximate surface area is 84.0 Å². The van der Waals surface area contributed by atoms with E-state index in [0.717, 1.165) is 16.8 Å². The van der Waals surface area contributed by atoms with Crippen LogP contribution in [0.1, 0.15) is 10.4 Å². The average molecular weight is 208 g/mol. The van der Waals surface area contributed by atoms with Crippen molar-refractivity contribution in [3.05, 3.63) is 53.9 Å². The Balaban J connectivity index is 2.51. The SMILES string of the molecule is O=C(c1c(F)cccc1F)n1cccn1. The van der Waals surface area contributed by atoms with Gasteiger partial charge < -0.3 is 0 Å². The molecular formula is C10H6F2N2O. The summed E-state index contributed by atoms with van der Waals surface area (Å²) in [5, 5.41) is 3.61. The van der Waals surface area contributed by atoms with Crippen LogP contribution in [0.5, 0.6) is 0 Å². The topological polar surface area (TPSA) is 34.9 Å². The van der Waals surface area contributed by atoms with Gasteiger partial charge in [-0.15, -0.1) is 0 Å². The fourth-order valence-electron chi connectivity index (χ4n) is 1.21. The monoisotopic (exact) mass is 208 g/mol. The quantitative estimate of drug-likeness (QED) is 0.716. The molecule has 0 fully saturated rings. The van der Waals surface area contributed by atoms with E-state index >= 15 is 0 Å². The molecule has 0 saturated heterocycles. The highest BCUT2D eigenvalue weighted by Gasteiger charge is 2.18. The average Bonchev–Trinajstić information content (AvgIpc) is 2.69. The molecule has 0 aliphatic rings. The van der Waals surface area contributed by atoms with Crippen molar-refractivity contribution in [1.29, 1.82) is 0 Å². The number of benzene rings is 1. The van der Waals surface area contributed by atoms with Crippen LogP contribution >= 0.6 is 0 Å². The summed E-state index contributed by atoms with van der Waals surface area (Å²) < 4.78 is 27.3. The molecule has 0 saturated carbocycles. The van der Waals surface area contributed by atoms with E-state index in [0.29, 0.717) is 0 Å². The summed E-state index contributed by atoms with van der Waals surface area (Å²) in [5.41, 5.74) is -0.596. The van der Waals surface area contributed by atoms with Gasteiger partial charge in [0.2, 0.25) is 0 Å². The Kier molecular flexibility index (Phi) is 2.29. The summed E-state index contributed by atoms with van der Waals surface area (Å²) in [4.78, 5) is 11.6. The Morgan fingerprint density at radius 3 is 2.40 bits per heavy atom. The molecule has 5 heteroatoms. The zero-order chi connectivity index (χ0) is 10.8. The van der Waals surface area contributed by atoms with Crippen molar-refractivity contribution < 1.29 is 13.6 Å². The van der Waals surface area contributed by atoms with Gasteiger partial charge in [-0.05, 0) is 18.2 Å². The maximum Gasteiger partial charge on any atom is 0.284 e. The van der Waals surface area contributed by atoms with Crippen LogP contribution < -0.4 is 0 Å². The van der Waals surface area contributed by atoms with Crippen molar-refractivity contribution in [2.24, 2.45) is 0 Å². The third-order valence-electron chi connectivity index (χ3n) is 1.89. The first kappa shape index (κ1) is 9.51. The van der Waals surface area contributed by atoms with Crippen molar-refractivity contribution >= 4 is 5.91 Å². The van der Waals surface area contributed by atoms with Crippen LogP contribution in [0.2, 0.25) is 0 Å². The minimum atomic E-state index is -0.893. The lowest BCUT2D eigenvalue weighted by Crippen LogP contribution is -2.16. The predicted molar refractivity (Wildman–Crippen MR) is 48.3 cm³/mol. The summed E-state index contributed by atoms with van der Waals surface area (Å²) in [6.45, 7) is 0. The Morgan fingerprint density at radius 1 is 1.20 bits per heavy atom. The molecule has 2 rings (SSSR count). The largest absolute Gasteiger partial charge is 0.284 e. The van der Waals surface area contributed by atoms with Crippen molar-refractivity contribution in [1.82, 2.24) is 9.78 Å². The van der Waals surface area contributed by atoms with Gasteiger partial charge in [-0.25, -0.2) is 13.5 Å². The highest BCUT2D eigenvalue weighted by Crippen LogP contribution is 2.13. The molecule has 1 aromatic heterocycles. The Hall–Kier alpha value is -2.04. The first-order chi connectivity index (χ1) is 7.20. The number of aromatic nitrogens is 2. The first-order valence-corrected chi connectivity index (χ1v) is 4.18. The van der Waals surface area contributed by atoms with Crippen LogP contribution in [0.3, 0.4) is 0 Å². The molecule has 0 bridgehead atoms. The number of carbonyl (C=O) groups is 1. The summed E-state index contributed by atoms with van der Waals surface area (Å²) >= 11 is 0. The molecule has 1 heterocycles. The van der Waals surface area contributed by atoms with Crippen LogP contribution in [-0.2, 0) is 0 Å². The van der Waals surface area contributed by atoms with Gasteiger partial charge >= 0.3 is 0 Å². The molecule has 2 aromatic rings. The van der Waals surface area contributed by atoms with Gasteiger partial charge in [-0.3, -0.25) is 4.79 Å². The lowest BCUT2D eigenvalue weighted by Gasteiger charge is -2.02. The van der Waals surface area contributed by atoms with E-state index < -0.39 is 23.1 Å². The second-order valence-corrected chi connectivity index (χ2v) is 2.85. The third kappa shape index (κ3) is 1.63. The van der Waals surface area contributed by atoms with Crippen LogP contribution in [0, 0.1) is 11.6 Å². The summed E-state index contributed by atoms with van der Waals surface area (Å²) in [5.74, 6) is -2.61. The van der Waals surface area contributed by atoms with Crippen molar-refractivity contribution in [2.45, 2.75) is 0 Å². The van der Waals surface area contributed by atoms with E-state index in [2.05, 4.69) is 5.10 Å². The molecule has 0 amide bonds. The predicted octanol–water partition coefficient (Wildman–Crippen LogP) is 1.85. The highest BCUT2D eigenvalue weighted by molar-refractivity contribution is 5.95. The zero-order valence-corrected chi connectivity index (χ0v) is 7.52. The van der Waals surface area contributed by atoms with E-state index in [-0.39, 0.29) is 0 Å². The second kappa shape index (κ2) is 3.61. The molecule has 0 unspecified atom stereocenters. The molecule has 1 aromatic carbocycles. The molecule has 0 radical (unpaired) electrons. The maximum absolute atomic E-state index is 13.2. The highest BCUT2D eigenvalue weighted by atomic mass is 19.1. The minimum Gasteiger partial charge on any atom is -0.266 e. The van der Waals surface area contributed by atoms with Crippen molar-refractivity contribution in [3.63, 3.8) is 0 Å². The van der Waals surface area contributed by atoms with Gasteiger partial charge in [0, 0.05) is 12.4 Å². The van der Waals surface area contributed by atoms with Crippen LogP contribution in [-0.4, -0.2) is 15.7 Å². The molecule has 0 aliphatic heterocycles. The number of rotatable bonds is 1. The Bertz CT molecular complexity index is 474. The standard InChI is InChI=1S/C10H6F2N2O/c11-7-3-1-4-8(12)9(7)10(15)14-6-2-5-13-14/h1-6H. The number of halogens is 2. The summed E-state index contributed by atoms with van der Waals surface area (Å²) in [6, 6.07) is 4.75. The van der Waals surface area contributed by atoms with Crippen LogP contribution in [0.4, 0.5) is 8.78 Å². The van der Waals surface area contributed by atoms with Gasteiger partial charge in [0.25, 0.3) is 5.91 Å². The first-order valence-electron chi connectivity index (χ1n) is 4.18. The third-order valence-corrected chi connectivity index (χ3v) is 1.89. The fraction of sp³-hybridized carbons (Fsp3) is 0.